The Morgan fingerprint density at radius 3 is 2.38 bits per heavy atom. The van der Waals surface area contributed by atoms with E-state index in [1.54, 1.807) is 30.3 Å². The van der Waals surface area contributed by atoms with E-state index in [4.69, 9.17) is 0 Å². The fraction of sp³-hybridized carbons (Fsp3) is 0.462. The molecule has 3 aliphatic rings. The van der Waals surface area contributed by atoms with Gasteiger partial charge < -0.3 is 10.2 Å². The molecule has 2 saturated heterocycles. The quantitative estimate of drug-likeness (QED) is 0.770. The third kappa shape index (κ3) is 3.40. The molecule has 1 aliphatic carbocycles. The van der Waals surface area contributed by atoms with Crippen molar-refractivity contribution in [3.63, 3.8) is 0 Å². The van der Waals surface area contributed by atoms with E-state index in [1.807, 2.05) is 4.90 Å². The average molecular weight is 439 g/mol. The molecule has 2 heterocycles. The Morgan fingerprint density at radius 2 is 1.69 bits per heavy atom. The molecule has 2 amide bonds. The Hall–Kier alpha value is -2.76. The monoisotopic (exact) mass is 438 g/mol. The molecule has 6 heteroatoms. The largest absolute Gasteiger partial charge is 0.348 e. The first-order valence-corrected chi connectivity index (χ1v) is 11.5. The van der Waals surface area contributed by atoms with Crippen molar-refractivity contribution in [3.8, 4) is 0 Å². The zero-order valence-electron chi connectivity index (χ0n) is 18.1. The van der Waals surface area contributed by atoms with Crippen molar-refractivity contribution < 1.29 is 18.4 Å². The van der Waals surface area contributed by atoms with Crippen LogP contribution in [0.5, 0.6) is 0 Å². The highest BCUT2D eigenvalue weighted by atomic mass is 19.1. The molecule has 32 heavy (non-hydrogen) atoms. The van der Waals surface area contributed by atoms with E-state index >= 15 is 0 Å². The van der Waals surface area contributed by atoms with Crippen molar-refractivity contribution in [2.75, 3.05) is 13.1 Å². The Bertz CT molecular complexity index is 1030. The van der Waals surface area contributed by atoms with Crippen LogP contribution >= 0.6 is 0 Å². The fourth-order valence-corrected chi connectivity index (χ4v) is 6.26. The summed E-state index contributed by atoms with van der Waals surface area (Å²) in [4.78, 5) is 28.3. The third-order valence-electron chi connectivity index (χ3n) is 7.77. The molecule has 168 valence electrons. The van der Waals surface area contributed by atoms with E-state index in [1.165, 1.54) is 18.2 Å². The summed E-state index contributed by atoms with van der Waals surface area (Å²) in [6, 6.07) is 13.0. The van der Waals surface area contributed by atoms with Crippen LogP contribution < -0.4 is 5.32 Å². The number of amides is 2. The molecule has 1 N–H and O–H groups in total. The predicted octanol–water partition coefficient (Wildman–Crippen LogP) is 4.44. The van der Waals surface area contributed by atoms with Crippen molar-refractivity contribution >= 4 is 11.8 Å². The number of rotatable bonds is 3. The molecule has 0 radical (unpaired) electrons. The van der Waals surface area contributed by atoms with Gasteiger partial charge in [-0.25, -0.2) is 8.78 Å². The lowest BCUT2D eigenvalue weighted by atomic mass is 9.76. The number of hydrogen-bond acceptors (Lipinski definition) is 2. The Kier molecular flexibility index (Phi) is 5.26. The van der Waals surface area contributed by atoms with Crippen LogP contribution in [0.15, 0.2) is 48.5 Å². The standard InChI is InChI=1S/C26H28F2N2O2/c27-19-11-9-18(10-12-19)21-16-30(17-26(21)15-5-8-23(31)29-26)24(32)25(13-3-4-14-25)20-6-1-2-7-22(20)28/h1-2,6-7,9-12,21H,3-5,8,13-17H2,(H,29,31)/t21-,26+/m0/s1. The lowest BCUT2D eigenvalue weighted by molar-refractivity contribution is -0.137. The van der Waals surface area contributed by atoms with Crippen LogP contribution in [0.3, 0.4) is 0 Å². The number of benzene rings is 2. The Balaban J connectivity index is 1.52. The van der Waals surface area contributed by atoms with Gasteiger partial charge in [-0.15, -0.1) is 0 Å². The van der Waals surface area contributed by atoms with Crippen LogP contribution in [0.4, 0.5) is 8.78 Å². The van der Waals surface area contributed by atoms with Crippen molar-refractivity contribution in [1.82, 2.24) is 10.2 Å². The average Bonchev–Trinajstić information content (AvgIpc) is 3.41. The van der Waals surface area contributed by atoms with Gasteiger partial charge in [0, 0.05) is 31.0 Å². The number of nitrogens with zero attached hydrogens (tertiary/aromatic N) is 1. The summed E-state index contributed by atoms with van der Waals surface area (Å²) in [5.41, 5.74) is -0.0366. The zero-order chi connectivity index (χ0) is 22.3. The van der Waals surface area contributed by atoms with E-state index in [0.29, 0.717) is 37.9 Å². The molecular formula is C26H28F2N2O2. The highest BCUT2D eigenvalue weighted by molar-refractivity contribution is 5.89. The zero-order valence-corrected chi connectivity index (χ0v) is 18.1. The minimum absolute atomic E-state index is 0.0117. The smallest absolute Gasteiger partial charge is 0.233 e. The summed E-state index contributed by atoms with van der Waals surface area (Å²) in [6.45, 7) is 0.830. The highest BCUT2D eigenvalue weighted by Crippen LogP contribution is 2.47. The molecule has 5 rings (SSSR count). The van der Waals surface area contributed by atoms with Gasteiger partial charge in [0.2, 0.25) is 11.8 Å². The first-order valence-electron chi connectivity index (χ1n) is 11.5. The van der Waals surface area contributed by atoms with Gasteiger partial charge in [0.1, 0.15) is 11.6 Å². The van der Waals surface area contributed by atoms with E-state index < -0.39 is 11.0 Å². The molecule has 3 fully saturated rings. The van der Waals surface area contributed by atoms with Gasteiger partial charge in [0.05, 0.1) is 11.0 Å². The lowest BCUT2D eigenvalue weighted by Gasteiger charge is -2.39. The summed E-state index contributed by atoms with van der Waals surface area (Å²) >= 11 is 0. The lowest BCUT2D eigenvalue weighted by Crippen LogP contribution is -2.57. The van der Waals surface area contributed by atoms with Crippen molar-refractivity contribution in [2.24, 2.45) is 0 Å². The number of piperidine rings is 1. The highest BCUT2D eigenvalue weighted by Gasteiger charge is 2.54. The van der Waals surface area contributed by atoms with Gasteiger partial charge in [0.25, 0.3) is 0 Å². The molecule has 4 nitrogen and oxygen atoms in total. The molecule has 2 aliphatic heterocycles. The minimum Gasteiger partial charge on any atom is -0.348 e. The van der Waals surface area contributed by atoms with Crippen molar-refractivity contribution in [3.05, 3.63) is 71.3 Å². The SMILES string of the molecule is O=C1CCC[C@]2(CN(C(=O)C3(c4ccccc4F)CCCC3)C[C@H]2c2ccc(F)cc2)N1. The third-order valence-corrected chi connectivity index (χ3v) is 7.77. The van der Waals surface area contributed by atoms with Crippen molar-refractivity contribution in [2.45, 2.75) is 61.8 Å². The summed E-state index contributed by atoms with van der Waals surface area (Å²) in [7, 11) is 0. The molecule has 0 aromatic heterocycles. The van der Waals surface area contributed by atoms with E-state index in [9.17, 15) is 18.4 Å². The number of likely N-dealkylation sites (tertiary alicyclic amines) is 1. The topological polar surface area (TPSA) is 49.4 Å². The molecular weight excluding hydrogens is 410 g/mol. The normalized spacial score (nSPS) is 27.0. The minimum atomic E-state index is -0.858. The number of carbonyl (C=O) groups excluding carboxylic acids is 2. The van der Waals surface area contributed by atoms with E-state index in [0.717, 1.165) is 31.2 Å². The predicted molar refractivity (Wildman–Crippen MR) is 117 cm³/mol. The van der Waals surface area contributed by atoms with Gasteiger partial charge in [-0.3, -0.25) is 9.59 Å². The molecule has 0 bridgehead atoms. The van der Waals surface area contributed by atoms with Crippen LogP contribution in [-0.4, -0.2) is 35.3 Å². The number of carbonyl (C=O) groups is 2. The van der Waals surface area contributed by atoms with E-state index in [-0.39, 0.29) is 29.4 Å². The Labute approximate surface area is 187 Å². The van der Waals surface area contributed by atoms with Gasteiger partial charge in [-0.2, -0.15) is 0 Å². The van der Waals surface area contributed by atoms with Gasteiger partial charge in [-0.1, -0.05) is 43.2 Å². The van der Waals surface area contributed by atoms with Gasteiger partial charge >= 0.3 is 0 Å². The molecule has 1 spiro atoms. The molecule has 2 aromatic carbocycles. The van der Waals surface area contributed by atoms with Gasteiger partial charge in [0.15, 0.2) is 0 Å². The molecule has 0 unspecified atom stereocenters. The first kappa shape index (κ1) is 21.1. The maximum atomic E-state index is 14.8. The fourth-order valence-electron chi connectivity index (χ4n) is 6.26. The second kappa shape index (κ2) is 7.98. The van der Waals surface area contributed by atoms with Crippen LogP contribution in [0, 0.1) is 11.6 Å². The maximum absolute atomic E-state index is 14.8. The maximum Gasteiger partial charge on any atom is 0.233 e. The number of halogens is 2. The molecule has 2 aromatic rings. The van der Waals surface area contributed by atoms with Crippen LogP contribution in [0.2, 0.25) is 0 Å². The van der Waals surface area contributed by atoms with E-state index in [2.05, 4.69) is 5.32 Å². The van der Waals surface area contributed by atoms with Gasteiger partial charge in [-0.05, 0) is 49.4 Å². The summed E-state index contributed by atoms with van der Waals surface area (Å²) in [5, 5.41) is 3.19. The number of nitrogens with one attached hydrogen (secondary N) is 1. The Morgan fingerprint density at radius 1 is 0.969 bits per heavy atom. The second-order valence-electron chi connectivity index (χ2n) is 9.62. The summed E-state index contributed by atoms with van der Waals surface area (Å²) in [6.07, 6.45) is 5.02. The van der Waals surface area contributed by atoms with Crippen LogP contribution in [0.1, 0.15) is 62.0 Å². The molecule has 2 atom stereocenters. The second-order valence-corrected chi connectivity index (χ2v) is 9.62. The number of hydrogen-bond donors (Lipinski definition) is 1. The summed E-state index contributed by atoms with van der Waals surface area (Å²) < 4.78 is 28.4. The molecule has 1 saturated carbocycles. The summed E-state index contributed by atoms with van der Waals surface area (Å²) in [5.74, 6) is -0.842. The van der Waals surface area contributed by atoms with Crippen molar-refractivity contribution in [1.29, 1.82) is 0 Å². The first-order chi connectivity index (χ1) is 15.4. The van der Waals surface area contributed by atoms with Crippen LogP contribution in [-0.2, 0) is 15.0 Å². The van der Waals surface area contributed by atoms with Crippen LogP contribution in [0.25, 0.3) is 0 Å².